The van der Waals surface area contributed by atoms with Crippen LogP contribution >= 0.6 is 11.3 Å². The number of benzene rings is 1. The highest BCUT2D eigenvalue weighted by molar-refractivity contribution is 7.07. The van der Waals surface area contributed by atoms with Crippen molar-refractivity contribution in [1.29, 1.82) is 0 Å². The van der Waals surface area contributed by atoms with Crippen LogP contribution in [0.2, 0.25) is 0 Å². The molecule has 0 unspecified atom stereocenters. The maximum Gasteiger partial charge on any atom is 0.333 e. The van der Waals surface area contributed by atoms with E-state index in [-0.39, 0.29) is 18.7 Å². The van der Waals surface area contributed by atoms with Crippen LogP contribution in [0.5, 0.6) is 0 Å². The molecule has 1 aromatic heterocycles. The number of aryl methyl sites for hydroxylation is 1. The van der Waals surface area contributed by atoms with Gasteiger partial charge in [-0.15, -0.1) is 11.3 Å². The average molecular weight is 375 g/mol. The van der Waals surface area contributed by atoms with Crippen molar-refractivity contribution in [1.82, 2.24) is 4.57 Å². The molecule has 0 N–H and O–H groups in total. The van der Waals surface area contributed by atoms with Gasteiger partial charge in [0.25, 0.3) is 5.56 Å². The summed E-state index contributed by atoms with van der Waals surface area (Å²) in [7, 11) is 1.25. The van der Waals surface area contributed by atoms with Crippen LogP contribution in [-0.4, -0.2) is 30.2 Å². The number of carbonyl (C=O) groups is 2. The van der Waals surface area contributed by atoms with E-state index >= 15 is 0 Å². The highest BCUT2D eigenvalue weighted by atomic mass is 32.1. The van der Waals surface area contributed by atoms with Crippen LogP contribution in [0.15, 0.2) is 29.1 Å². The van der Waals surface area contributed by atoms with Crippen molar-refractivity contribution in [2.24, 2.45) is 0 Å². The number of ether oxygens (including phenoxy) is 2. The Hall–Kier alpha value is -2.67. The topological polar surface area (TPSA) is 74.6 Å². The van der Waals surface area contributed by atoms with Crippen LogP contribution in [-0.2, 0) is 32.0 Å². The first kappa shape index (κ1) is 19.7. The van der Waals surface area contributed by atoms with Crippen molar-refractivity contribution < 1.29 is 19.1 Å². The van der Waals surface area contributed by atoms with Crippen LogP contribution in [0, 0.1) is 0 Å². The minimum atomic E-state index is -0.567. The number of aromatic nitrogens is 1. The summed E-state index contributed by atoms with van der Waals surface area (Å²) in [5, 5.41) is 0. The molecule has 2 aromatic rings. The molecule has 1 heterocycles. The Morgan fingerprint density at radius 1 is 1.19 bits per heavy atom. The normalized spacial score (nSPS) is 12.3. The fourth-order valence-electron chi connectivity index (χ4n) is 2.27. The lowest BCUT2D eigenvalue weighted by atomic mass is 10.1. The Morgan fingerprint density at radius 2 is 1.88 bits per heavy atom. The van der Waals surface area contributed by atoms with Gasteiger partial charge in [0.1, 0.15) is 11.2 Å². The third-order valence-electron chi connectivity index (χ3n) is 3.67. The van der Waals surface area contributed by atoms with E-state index in [2.05, 4.69) is 11.7 Å². The SMILES string of the molecule is CCOC(=O)/C=c1\s/c(=C\c2ccc(CC)cc2)c(=O)n1CC(=O)OC. The third-order valence-corrected chi connectivity index (χ3v) is 4.72. The maximum absolute atomic E-state index is 12.7. The van der Waals surface area contributed by atoms with Gasteiger partial charge in [-0.25, -0.2) is 4.79 Å². The van der Waals surface area contributed by atoms with Gasteiger partial charge >= 0.3 is 11.9 Å². The Labute approximate surface area is 155 Å². The summed E-state index contributed by atoms with van der Waals surface area (Å²) in [5.74, 6) is -1.13. The molecule has 0 amide bonds. The van der Waals surface area contributed by atoms with E-state index in [4.69, 9.17) is 4.74 Å². The summed E-state index contributed by atoms with van der Waals surface area (Å²) in [6, 6.07) is 7.85. The standard InChI is InChI=1S/C19H21NO5S/c1-4-13-6-8-14(9-7-13)10-15-19(23)20(12-18(22)24-3)16(26-15)11-17(21)25-5-2/h6-11H,4-5,12H2,1-3H3/b15-10-,16-11-. The van der Waals surface area contributed by atoms with Crippen LogP contribution in [0.1, 0.15) is 25.0 Å². The summed E-state index contributed by atoms with van der Waals surface area (Å²) < 4.78 is 11.5. The molecule has 138 valence electrons. The second-order valence-electron chi connectivity index (χ2n) is 5.41. The second-order valence-corrected chi connectivity index (χ2v) is 6.47. The molecular formula is C19H21NO5S. The monoisotopic (exact) mass is 375 g/mol. The van der Waals surface area contributed by atoms with Crippen LogP contribution in [0.25, 0.3) is 12.2 Å². The molecule has 0 saturated heterocycles. The van der Waals surface area contributed by atoms with Crippen molar-refractivity contribution in [3.8, 4) is 0 Å². The van der Waals surface area contributed by atoms with Gasteiger partial charge < -0.3 is 9.47 Å². The smallest absolute Gasteiger partial charge is 0.333 e. The lowest BCUT2D eigenvalue weighted by molar-refractivity contribution is -0.141. The minimum absolute atomic E-state index is 0.227. The minimum Gasteiger partial charge on any atom is -0.468 e. The van der Waals surface area contributed by atoms with Crippen molar-refractivity contribution in [3.05, 3.63) is 54.9 Å². The van der Waals surface area contributed by atoms with Gasteiger partial charge in [0.15, 0.2) is 0 Å². The number of nitrogens with zero attached hydrogens (tertiary/aromatic N) is 1. The van der Waals surface area contributed by atoms with Gasteiger partial charge in [-0.2, -0.15) is 0 Å². The quantitative estimate of drug-likeness (QED) is 0.699. The van der Waals surface area contributed by atoms with E-state index in [0.29, 0.717) is 9.20 Å². The molecule has 7 heteroatoms. The first-order valence-corrected chi connectivity index (χ1v) is 9.05. The lowest BCUT2D eigenvalue weighted by Gasteiger charge is -2.00. The van der Waals surface area contributed by atoms with Crippen molar-refractivity contribution >= 4 is 35.4 Å². The number of hydrogen-bond donors (Lipinski definition) is 0. The van der Waals surface area contributed by atoms with E-state index in [9.17, 15) is 14.4 Å². The van der Waals surface area contributed by atoms with Crippen molar-refractivity contribution in [2.75, 3.05) is 13.7 Å². The summed E-state index contributed by atoms with van der Waals surface area (Å²) in [5.41, 5.74) is 1.72. The van der Waals surface area contributed by atoms with Crippen LogP contribution in [0.4, 0.5) is 0 Å². The summed E-state index contributed by atoms with van der Waals surface area (Å²) in [6.45, 7) is 3.73. The first-order chi connectivity index (χ1) is 12.5. The number of hydrogen-bond acceptors (Lipinski definition) is 6. The van der Waals surface area contributed by atoms with Gasteiger partial charge in [0.05, 0.1) is 24.3 Å². The van der Waals surface area contributed by atoms with Gasteiger partial charge in [-0.1, -0.05) is 31.2 Å². The zero-order valence-corrected chi connectivity index (χ0v) is 15.8. The Bertz CT molecular complexity index is 953. The first-order valence-electron chi connectivity index (χ1n) is 8.24. The maximum atomic E-state index is 12.7. The highest BCUT2D eigenvalue weighted by Gasteiger charge is 2.11. The van der Waals surface area contributed by atoms with Crippen molar-refractivity contribution in [3.63, 3.8) is 0 Å². The molecule has 0 aliphatic carbocycles. The van der Waals surface area contributed by atoms with E-state index in [1.54, 1.807) is 13.0 Å². The molecule has 0 bridgehead atoms. The number of thiazole rings is 1. The number of rotatable bonds is 6. The Morgan fingerprint density at radius 3 is 2.46 bits per heavy atom. The molecule has 0 aliphatic rings. The molecule has 2 rings (SSSR count). The van der Waals surface area contributed by atoms with Crippen LogP contribution in [0.3, 0.4) is 0 Å². The molecule has 0 radical (unpaired) electrons. The van der Waals surface area contributed by atoms with Gasteiger partial charge in [-0.3, -0.25) is 14.2 Å². The Balaban J connectivity index is 2.56. The molecule has 0 aliphatic heterocycles. The van der Waals surface area contributed by atoms with Gasteiger partial charge in [-0.05, 0) is 30.5 Å². The summed E-state index contributed by atoms with van der Waals surface area (Å²) in [6.07, 6.45) is 3.89. The average Bonchev–Trinajstić information content (AvgIpc) is 2.91. The van der Waals surface area contributed by atoms with Crippen LogP contribution < -0.4 is 14.8 Å². The third kappa shape index (κ3) is 4.92. The van der Waals surface area contributed by atoms with Crippen molar-refractivity contribution in [2.45, 2.75) is 26.8 Å². The van der Waals surface area contributed by atoms with E-state index < -0.39 is 11.9 Å². The molecule has 26 heavy (non-hydrogen) atoms. The van der Waals surface area contributed by atoms with Gasteiger partial charge in [0.2, 0.25) is 0 Å². The van der Waals surface area contributed by atoms with E-state index in [1.807, 2.05) is 24.3 Å². The zero-order valence-electron chi connectivity index (χ0n) is 15.0. The molecule has 0 fully saturated rings. The fourth-order valence-corrected chi connectivity index (χ4v) is 3.30. The lowest BCUT2D eigenvalue weighted by Crippen LogP contribution is -2.34. The van der Waals surface area contributed by atoms with E-state index in [0.717, 1.165) is 23.3 Å². The number of methoxy groups -OCH3 is 1. The molecular weight excluding hydrogens is 354 g/mol. The Kier molecular flexibility index (Phi) is 6.91. The van der Waals surface area contributed by atoms with E-state index in [1.165, 1.54) is 23.3 Å². The molecule has 0 spiro atoms. The fraction of sp³-hybridized carbons (Fsp3) is 0.316. The molecule has 0 saturated carbocycles. The van der Waals surface area contributed by atoms with Gasteiger partial charge in [0, 0.05) is 0 Å². The molecule has 1 aromatic carbocycles. The largest absolute Gasteiger partial charge is 0.468 e. The predicted molar refractivity (Wildman–Crippen MR) is 100 cm³/mol. The summed E-state index contributed by atoms with van der Waals surface area (Å²) >= 11 is 1.13. The number of carbonyl (C=O) groups excluding carboxylic acids is 2. The molecule has 6 nitrogen and oxygen atoms in total. The number of esters is 2. The highest BCUT2D eigenvalue weighted by Crippen LogP contribution is 2.05. The zero-order chi connectivity index (χ0) is 19.1. The predicted octanol–water partition coefficient (Wildman–Crippen LogP) is 0.818. The summed E-state index contributed by atoms with van der Waals surface area (Å²) in [4.78, 5) is 36.0. The molecule has 0 atom stereocenters. The second kappa shape index (κ2) is 9.15.